The van der Waals surface area contributed by atoms with Crippen LogP contribution in [0.3, 0.4) is 0 Å². The number of isocyanates is 1. The summed E-state index contributed by atoms with van der Waals surface area (Å²) in [5.41, 5.74) is -0.646. The van der Waals surface area contributed by atoms with E-state index in [2.05, 4.69) is 4.99 Å². The lowest BCUT2D eigenvalue weighted by atomic mass is 10.0. The average molecular weight is 253 g/mol. The molecule has 1 aromatic rings. The predicted molar refractivity (Wildman–Crippen MR) is 60.2 cm³/mol. The Morgan fingerprint density at radius 2 is 2.11 bits per heavy atom. The number of phenols is 1. The van der Waals surface area contributed by atoms with E-state index in [0.29, 0.717) is 12.8 Å². The average Bonchev–Trinajstić information content (AvgIpc) is 3.13. The molecule has 2 rings (SSSR count). The Kier molecular flexibility index (Phi) is 2.97. The van der Waals surface area contributed by atoms with Gasteiger partial charge in [-0.3, -0.25) is 0 Å². The number of hydrogen-bond acceptors (Lipinski definition) is 5. The fraction of sp³-hybridized carbons (Fsp3) is 0.417. The van der Waals surface area contributed by atoms with Gasteiger partial charge in [-0.05, 0) is 18.9 Å². The first-order valence-electron chi connectivity index (χ1n) is 5.32. The Hall–Kier alpha value is -2.07. The Morgan fingerprint density at radius 3 is 2.56 bits per heavy atom. The number of methoxy groups -OCH3 is 2. The third kappa shape index (κ3) is 1.71. The number of carbonyl (C=O) groups excluding carboxylic acids is 1. The van der Waals surface area contributed by atoms with E-state index in [-0.39, 0.29) is 17.1 Å². The van der Waals surface area contributed by atoms with Crippen molar-refractivity contribution < 1.29 is 23.8 Å². The molecule has 6 heteroatoms. The zero-order chi connectivity index (χ0) is 13.3. The van der Waals surface area contributed by atoms with Crippen molar-refractivity contribution in [2.75, 3.05) is 14.2 Å². The molecule has 0 saturated heterocycles. The van der Waals surface area contributed by atoms with Crippen molar-refractivity contribution in [3.63, 3.8) is 0 Å². The van der Waals surface area contributed by atoms with Crippen LogP contribution in [0.25, 0.3) is 0 Å². The molecule has 5 nitrogen and oxygen atoms in total. The monoisotopic (exact) mass is 253 g/mol. The zero-order valence-electron chi connectivity index (χ0n) is 9.99. The van der Waals surface area contributed by atoms with Crippen LogP contribution in [0.15, 0.2) is 11.1 Å². The second-order valence-electron chi connectivity index (χ2n) is 4.06. The number of phenolic OH excluding ortho intramolecular Hbond substituents is 1. The number of aliphatic imine (C=N–C) groups is 1. The first kappa shape index (κ1) is 12.4. The van der Waals surface area contributed by atoms with Gasteiger partial charge in [0, 0.05) is 5.56 Å². The minimum Gasteiger partial charge on any atom is -0.504 e. The summed E-state index contributed by atoms with van der Waals surface area (Å²) in [5, 5.41) is 9.83. The number of halogens is 1. The smallest absolute Gasteiger partial charge is 0.235 e. The topological polar surface area (TPSA) is 68.1 Å². The van der Waals surface area contributed by atoms with E-state index in [1.807, 2.05) is 0 Å². The third-order valence-corrected chi connectivity index (χ3v) is 3.07. The van der Waals surface area contributed by atoms with Gasteiger partial charge < -0.3 is 14.6 Å². The Labute approximate surface area is 103 Å². The number of aromatic hydroxyl groups is 1. The van der Waals surface area contributed by atoms with Crippen molar-refractivity contribution in [3.8, 4) is 17.2 Å². The molecular weight excluding hydrogens is 241 g/mol. The maximum Gasteiger partial charge on any atom is 0.235 e. The van der Waals surface area contributed by atoms with E-state index >= 15 is 0 Å². The first-order chi connectivity index (χ1) is 8.59. The molecule has 0 amide bonds. The number of ether oxygens (including phenoxy) is 2. The number of benzene rings is 1. The fourth-order valence-corrected chi connectivity index (χ4v) is 1.94. The van der Waals surface area contributed by atoms with Crippen molar-refractivity contribution in [2.45, 2.75) is 18.4 Å². The van der Waals surface area contributed by atoms with Crippen LogP contribution in [0.1, 0.15) is 18.4 Å². The Balaban J connectivity index is 2.63. The largest absolute Gasteiger partial charge is 0.504 e. The molecule has 18 heavy (non-hydrogen) atoms. The molecule has 0 aliphatic heterocycles. The van der Waals surface area contributed by atoms with E-state index in [9.17, 15) is 14.3 Å². The molecule has 1 aliphatic rings. The molecule has 1 aliphatic carbocycles. The molecule has 0 bridgehead atoms. The minimum absolute atomic E-state index is 0.148. The fourth-order valence-electron chi connectivity index (χ4n) is 1.94. The summed E-state index contributed by atoms with van der Waals surface area (Å²) in [6.07, 6.45) is 2.57. The van der Waals surface area contributed by atoms with Gasteiger partial charge in [-0.1, -0.05) is 0 Å². The van der Waals surface area contributed by atoms with E-state index in [1.54, 1.807) is 0 Å². The van der Waals surface area contributed by atoms with Crippen molar-refractivity contribution in [1.29, 1.82) is 0 Å². The van der Waals surface area contributed by atoms with Gasteiger partial charge in [-0.15, -0.1) is 0 Å². The third-order valence-electron chi connectivity index (χ3n) is 3.07. The van der Waals surface area contributed by atoms with E-state index in [0.717, 1.165) is 0 Å². The molecule has 1 fully saturated rings. The second-order valence-corrected chi connectivity index (χ2v) is 4.06. The SMILES string of the molecule is COc1cc(C2(N=C=O)CC2)c(O)c(F)c1OC. The first-order valence-corrected chi connectivity index (χ1v) is 5.32. The molecule has 0 atom stereocenters. The number of rotatable bonds is 4. The molecule has 1 N–H and O–H groups in total. The van der Waals surface area contributed by atoms with Crippen LogP contribution in [-0.4, -0.2) is 25.4 Å². The summed E-state index contributed by atoms with van der Waals surface area (Å²) in [6.45, 7) is 0. The van der Waals surface area contributed by atoms with Gasteiger partial charge in [0.15, 0.2) is 11.5 Å². The van der Waals surface area contributed by atoms with Crippen LogP contribution in [-0.2, 0) is 10.3 Å². The lowest BCUT2D eigenvalue weighted by Gasteiger charge is -2.16. The molecular formula is C12H12FNO4. The quantitative estimate of drug-likeness (QED) is 0.657. The van der Waals surface area contributed by atoms with Crippen LogP contribution in [0, 0.1) is 5.82 Å². The lowest BCUT2D eigenvalue weighted by Crippen LogP contribution is -2.06. The van der Waals surface area contributed by atoms with Gasteiger partial charge in [0.2, 0.25) is 17.6 Å². The zero-order valence-corrected chi connectivity index (χ0v) is 9.99. The molecule has 0 unspecified atom stereocenters. The van der Waals surface area contributed by atoms with Crippen molar-refractivity contribution >= 4 is 6.08 Å². The number of hydrogen-bond donors (Lipinski definition) is 1. The summed E-state index contributed by atoms with van der Waals surface area (Å²) in [7, 11) is 2.64. The highest BCUT2D eigenvalue weighted by atomic mass is 19.1. The summed E-state index contributed by atoms with van der Waals surface area (Å²) < 4.78 is 23.7. The maximum atomic E-state index is 13.9. The van der Waals surface area contributed by atoms with Crippen LogP contribution >= 0.6 is 0 Å². The summed E-state index contributed by atoms with van der Waals surface area (Å²) >= 11 is 0. The van der Waals surface area contributed by atoms with Gasteiger partial charge >= 0.3 is 0 Å². The highest BCUT2D eigenvalue weighted by Gasteiger charge is 2.48. The Morgan fingerprint density at radius 1 is 1.44 bits per heavy atom. The lowest BCUT2D eigenvalue weighted by molar-refractivity contribution is 0.323. The predicted octanol–water partition coefficient (Wildman–Crippen LogP) is 1.87. The molecule has 1 aromatic carbocycles. The Bertz CT molecular complexity index is 533. The normalized spacial score (nSPS) is 15.7. The molecule has 0 aromatic heterocycles. The van der Waals surface area contributed by atoms with E-state index in [1.165, 1.54) is 26.4 Å². The summed E-state index contributed by atoms with van der Waals surface area (Å²) in [4.78, 5) is 14.0. The summed E-state index contributed by atoms with van der Waals surface area (Å²) in [5.74, 6) is -1.51. The van der Waals surface area contributed by atoms with Gasteiger partial charge in [0.25, 0.3) is 0 Å². The number of nitrogens with zero attached hydrogens (tertiary/aromatic N) is 1. The molecule has 0 heterocycles. The van der Waals surface area contributed by atoms with Crippen LogP contribution in [0.5, 0.6) is 17.2 Å². The van der Waals surface area contributed by atoms with Crippen molar-refractivity contribution in [1.82, 2.24) is 0 Å². The molecule has 0 spiro atoms. The summed E-state index contributed by atoms with van der Waals surface area (Å²) in [6, 6.07) is 1.44. The molecule has 1 saturated carbocycles. The van der Waals surface area contributed by atoms with Gasteiger partial charge in [-0.2, -0.15) is 9.38 Å². The molecule has 96 valence electrons. The highest BCUT2D eigenvalue weighted by molar-refractivity contribution is 5.56. The van der Waals surface area contributed by atoms with Gasteiger partial charge in [-0.25, -0.2) is 4.79 Å². The van der Waals surface area contributed by atoms with Crippen LogP contribution in [0.2, 0.25) is 0 Å². The highest BCUT2D eigenvalue weighted by Crippen LogP contribution is 2.55. The van der Waals surface area contributed by atoms with Crippen molar-refractivity contribution in [2.24, 2.45) is 4.99 Å². The standard InChI is InChI=1S/C12H12FNO4/c1-17-8-5-7(12(3-4-12)14-6-15)10(16)9(13)11(8)18-2/h5,16H,3-4H2,1-2H3. The van der Waals surface area contributed by atoms with Crippen LogP contribution < -0.4 is 9.47 Å². The maximum absolute atomic E-state index is 13.9. The minimum atomic E-state index is -0.917. The second kappa shape index (κ2) is 4.31. The van der Waals surface area contributed by atoms with Crippen molar-refractivity contribution in [3.05, 3.63) is 17.4 Å². The van der Waals surface area contributed by atoms with Gasteiger partial charge in [0.05, 0.1) is 14.2 Å². The van der Waals surface area contributed by atoms with Gasteiger partial charge in [0.1, 0.15) is 5.54 Å². The van der Waals surface area contributed by atoms with E-state index in [4.69, 9.17) is 9.47 Å². The van der Waals surface area contributed by atoms with E-state index < -0.39 is 17.1 Å². The van der Waals surface area contributed by atoms with Crippen LogP contribution in [0.4, 0.5) is 4.39 Å². The molecule has 0 radical (unpaired) electrons.